The first kappa shape index (κ1) is 10.7. The first-order valence-electron chi connectivity index (χ1n) is 4.84. The molecule has 14 heavy (non-hydrogen) atoms. The predicted octanol–water partition coefficient (Wildman–Crippen LogP) is 2.53. The van der Waals surface area contributed by atoms with Crippen LogP contribution < -0.4 is 5.32 Å². The second-order valence-electron chi connectivity index (χ2n) is 3.37. The molecule has 1 saturated heterocycles. The molecule has 2 rings (SSSR count). The largest absolute Gasteiger partial charge is 0.317 e. The quantitative estimate of drug-likeness (QED) is 0.670. The highest BCUT2D eigenvalue weighted by atomic mass is 127. The molecule has 0 aromatic carbocycles. The molecule has 1 aliphatic rings. The van der Waals surface area contributed by atoms with Crippen molar-refractivity contribution >= 4 is 34.4 Å². The maximum atomic E-state index is 4.50. The molecule has 0 saturated carbocycles. The van der Waals surface area contributed by atoms with Crippen LogP contribution in [0, 0.1) is 3.70 Å². The van der Waals surface area contributed by atoms with Crippen LogP contribution in [0.25, 0.3) is 0 Å². The van der Waals surface area contributed by atoms with Gasteiger partial charge in [-0.15, -0.1) is 11.8 Å². The lowest BCUT2D eigenvalue weighted by Gasteiger charge is -2.21. The van der Waals surface area contributed by atoms with Crippen LogP contribution in [-0.4, -0.2) is 23.3 Å². The van der Waals surface area contributed by atoms with Gasteiger partial charge in [-0.25, -0.2) is 4.98 Å². The van der Waals surface area contributed by atoms with Gasteiger partial charge in [0.25, 0.3) is 0 Å². The lowest BCUT2D eigenvalue weighted by molar-refractivity contribution is 0.531. The van der Waals surface area contributed by atoms with Gasteiger partial charge >= 0.3 is 0 Å². The van der Waals surface area contributed by atoms with E-state index in [9.17, 15) is 0 Å². The smallest absolute Gasteiger partial charge is 0.102 e. The maximum Gasteiger partial charge on any atom is 0.102 e. The third-order valence-corrected chi connectivity index (χ3v) is 4.14. The Morgan fingerprint density at radius 1 is 1.36 bits per heavy atom. The minimum Gasteiger partial charge on any atom is -0.317 e. The topological polar surface area (TPSA) is 24.9 Å². The van der Waals surface area contributed by atoms with E-state index in [2.05, 4.69) is 45.0 Å². The molecule has 0 bridgehead atoms. The van der Waals surface area contributed by atoms with Crippen LogP contribution >= 0.6 is 34.4 Å². The molecular weight excluding hydrogens is 307 g/mol. The first-order chi connectivity index (χ1) is 6.84. The highest BCUT2D eigenvalue weighted by Crippen LogP contribution is 2.27. The van der Waals surface area contributed by atoms with Gasteiger partial charge in [0.1, 0.15) is 3.70 Å². The Labute approximate surface area is 102 Å². The van der Waals surface area contributed by atoms with E-state index in [1.165, 1.54) is 17.9 Å². The number of thioether (sulfide) groups is 1. The lowest BCUT2D eigenvalue weighted by Crippen LogP contribution is -2.29. The summed E-state index contributed by atoms with van der Waals surface area (Å²) in [7, 11) is 0. The van der Waals surface area contributed by atoms with E-state index in [4.69, 9.17) is 0 Å². The third-order valence-electron chi connectivity index (χ3n) is 2.26. The lowest BCUT2D eigenvalue weighted by atomic mass is 10.2. The van der Waals surface area contributed by atoms with Crippen LogP contribution in [0.5, 0.6) is 0 Å². The third kappa shape index (κ3) is 3.10. The fraction of sp³-hybridized carbons (Fsp3) is 0.500. The second-order valence-corrected chi connectivity index (χ2v) is 5.79. The number of aromatic nitrogens is 1. The average Bonchev–Trinajstić information content (AvgIpc) is 2.19. The van der Waals surface area contributed by atoms with Gasteiger partial charge in [0.2, 0.25) is 0 Å². The van der Waals surface area contributed by atoms with Crippen LogP contribution in [0.2, 0.25) is 0 Å². The Morgan fingerprint density at radius 3 is 2.86 bits per heavy atom. The van der Waals surface area contributed by atoms with Gasteiger partial charge in [0, 0.05) is 5.25 Å². The van der Waals surface area contributed by atoms with E-state index in [1.807, 2.05) is 17.8 Å². The van der Waals surface area contributed by atoms with Gasteiger partial charge in [-0.3, -0.25) is 0 Å². The number of nitrogens with zero attached hydrogens (tertiary/aromatic N) is 1. The highest BCUT2D eigenvalue weighted by molar-refractivity contribution is 14.1. The summed E-state index contributed by atoms with van der Waals surface area (Å²) < 4.78 is 1.08. The van der Waals surface area contributed by atoms with Crippen LogP contribution in [0.1, 0.15) is 12.8 Å². The number of hydrogen-bond donors (Lipinski definition) is 1. The summed E-state index contributed by atoms with van der Waals surface area (Å²) in [5, 5.41) is 5.30. The standard InChI is InChI=1S/C10H13IN2S/c11-9-2-1-3-10(13-9)14-8-4-6-12-7-5-8/h1-3,8,12H,4-7H2. The summed E-state index contributed by atoms with van der Waals surface area (Å²) in [5.74, 6) is 0. The Hall–Kier alpha value is 0.190. The summed E-state index contributed by atoms with van der Waals surface area (Å²) in [6.07, 6.45) is 2.52. The van der Waals surface area contributed by atoms with Crippen molar-refractivity contribution in [3.05, 3.63) is 21.9 Å². The molecule has 1 N–H and O–H groups in total. The van der Waals surface area contributed by atoms with E-state index in [0.29, 0.717) is 0 Å². The van der Waals surface area contributed by atoms with Crippen LogP contribution in [0.15, 0.2) is 23.2 Å². The molecular formula is C10H13IN2S. The number of hydrogen-bond acceptors (Lipinski definition) is 3. The summed E-state index contributed by atoms with van der Waals surface area (Å²) >= 11 is 4.19. The summed E-state index contributed by atoms with van der Waals surface area (Å²) in [6, 6.07) is 6.22. The van der Waals surface area contributed by atoms with Gasteiger partial charge in [-0.05, 0) is 60.7 Å². The molecule has 0 amide bonds. The molecule has 1 fully saturated rings. The second kappa shape index (κ2) is 5.32. The predicted molar refractivity (Wildman–Crippen MR) is 68.7 cm³/mol. The Morgan fingerprint density at radius 2 is 2.14 bits per heavy atom. The van der Waals surface area contributed by atoms with E-state index in [-0.39, 0.29) is 0 Å². The van der Waals surface area contributed by atoms with Crippen molar-refractivity contribution in [3.63, 3.8) is 0 Å². The Balaban J connectivity index is 1.95. The molecule has 0 unspecified atom stereocenters. The number of piperidine rings is 1. The highest BCUT2D eigenvalue weighted by Gasteiger charge is 2.14. The van der Waals surface area contributed by atoms with Crippen molar-refractivity contribution in [3.8, 4) is 0 Å². The van der Waals surface area contributed by atoms with Gasteiger partial charge in [-0.1, -0.05) is 6.07 Å². The Kier molecular flexibility index (Phi) is 4.07. The molecule has 0 aliphatic carbocycles. The monoisotopic (exact) mass is 320 g/mol. The van der Waals surface area contributed by atoms with E-state index in [1.54, 1.807) is 0 Å². The van der Waals surface area contributed by atoms with E-state index in [0.717, 1.165) is 22.0 Å². The minimum absolute atomic E-state index is 0.752. The van der Waals surface area contributed by atoms with E-state index >= 15 is 0 Å². The van der Waals surface area contributed by atoms with Gasteiger partial charge < -0.3 is 5.32 Å². The number of halogens is 1. The molecule has 1 aromatic heterocycles. The summed E-state index contributed by atoms with van der Waals surface area (Å²) in [5.41, 5.74) is 0. The molecule has 76 valence electrons. The fourth-order valence-corrected chi connectivity index (χ4v) is 3.29. The van der Waals surface area contributed by atoms with Crippen LogP contribution in [0.3, 0.4) is 0 Å². The Bertz CT molecular complexity index is 300. The van der Waals surface area contributed by atoms with E-state index < -0.39 is 0 Å². The SMILES string of the molecule is Ic1cccc(SC2CCNCC2)n1. The zero-order chi connectivity index (χ0) is 9.80. The molecule has 0 radical (unpaired) electrons. The van der Waals surface area contributed by atoms with Crippen molar-refractivity contribution < 1.29 is 0 Å². The number of rotatable bonds is 2. The number of pyridine rings is 1. The van der Waals surface area contributed by atoms with Gasteiger partial charge in [-0.2, -0.15) is 0 Å². The van der Waals surface area contributed by atoms with Crippen molar-refractivity contribution in [2.24, 2.45) is 0 Å². The van der Waals surface area contributed by atoms with Crippen molar-refractivity contribution in [2.75, 3.05) is 13.1 Å². The molecule has 1 aromatic rings. The minimum atomic E-state index is 0.752. The first-order valence-corrected chi connectivity index (χ1v) is 6.80. The normalized spacial score (nSPS) is 18.4. The summed E-state index contributed by atoms with van der Waals surface area (Å²) in [4.78, 5) is 4.50. The average molecular weight is 320 g/mol. The fourth-order valence-electron chi connectivity index (χ4n) is 1.54. The zero-order valence-electron chi connectivity index (χ0n) is 7.87. The van der Waals surface area contributed by atoms with Crippen LogP contribution in [-0.2, 0) is 0 Å². The molecule has 0 atom stereocenters. The van der Waals surface area contributed by atoms with Crippen molar-refractivity contribution in [1.29, 1.82) is 0 Å². The molecule has 1 aliphatic heterocycles. The molecule has 2 nitrogen and oxygen atoms in total. The number of nitrogens with one attached hydrogen (secondary N) is 1. The van der Waals surface area contributed by atoms with Crippen LogP contribution in [0.4, 0.5) is 0 Å². The van der Waals surface area contributed by atoms with Crippen molar-refractivity contribution in [2.45, 2.75) is 23.1 Å². The van der Waals surface area contributed by atoms with Crippen molar-refractivity contribution in [1.82, 2.24) is 10.3 Å². The molecule has 0 spiro atoms. The van der Waals surface area contributed by atoms with Gasteiger partial charge in [0.05, 0.1) is 5.03 Å². The maximum absolute atomic E-state index is 4.50. The van der Waals surface area contributed by atoms with Gasteiger partial charge in [0.15, 0.2) is 0 Å². The zero-order valence-corrected chi connectivity index (χ0v) is 10.8. The molecule has 4 heteroatoms. The molecule has 2 heterocycles. The summed E-state index contributed by atoms with van der Waals surface area (Å²) in [6.45, 7) is 2.31.